The number of methoxy groups -OCH3 is 1. The van der Waals surface area contributed by atoms with E-state index in [4.69, 9.17) is 15.4 Å². The molecule has 0 amide bonds. The van der Waals surface area contributed by atoms with E-state index >= 15 is 0 Å². The average molecular weight is 187 g/mol. The van der Waals surface area contributed by atoms with Crippen LogP contribution in [0.15, 0.2) is 0 Å². The molecule has 0 rings (SSSR count). The lowest BCUT2D eigenvalue weighted by molar-refractivity contribution is 0.116. The fourth-order valence-electron chi connectivity index (χ4n) is 0.425. The highest BCUT2D eigenvalue weighted by molar-refractivity contribution is 8.13. The van der Waals surface area contributed by atoms with Crippen LogP contribution in [0.2, 0.25) is 0 Å². The van der Waals surface area contributed by atoms with Gasteiger partial charge in [0.25, 0.3) is 0 Å². The van der Waals surface area contributed by atoms with Crippen molar-refractivity contribution in [2.75, 3.05) is 12.9 Å². The Morgan fingerprint density at radius 2 is 2.10 bits per heavy atom. The summed E-state index contributed by atoms with van der Waals surface area (Å²) >= 11 is 0. The zero-order valence-electron chi connectivity index (χ0n) is 6.00. The normalized spacial score (nSPS) is 15.1. The molecule has 62 valence electrons. The van der Waals surface area contributed by atoms with E-state index in [0.717, 1.165) is 0 Å². The van der Waals surface area contributed by atoms with Gasteiger partial charge in [-0.05, 0) is 13.3 Å². The van der Waals surface area contributed by atoms with Crippen LogP contribution in [0.5, 0.6) is 0 Å². The van der Waals surface area contributed by atoms with Gasteiger partial charge in [-0.1, -0.05) is 0 Å². The van der Waals surface area contributed by atoms with Crippen LogP contribution < -0.4 is 0 Å². The minimum Gasteiger partial charge on any atom is -0.382 e. The van der Waals surface area contributed by atoms with Gasteiger partial charge in [0, 0.05) is 17.8 Å². The lowest BCUT2D eigenvalue weighted by Crippen LogP contribution is -2.10. The first-order valence-electron chi connectivity index (χ1n) is 2.91. The summed E-state index contributed by atoms with van der Waals surface area (Å²) in [5, 5.41) is 0. The third-order valence-electron chi connectivity index (χ3n) is 1.17. The molecule has 5 heteroatoms. The van der Waals surface area contributed by atoms with Crippen LogP contribution in [0, 0.1) is 0 Å². The zero-order chi connectivity index (χ0) is 8.20. The van der Waals surface area contributed by atoms with Gasteiger partial charge in [0.15, 0.2) is 0 Å². The fourth-order valence-corrected chi connectivity index (χ4v) is 1.31. The summed E-state index contributed by atoms with van der Waals surface area (Å²) in [6.07, 6.45) is 0.399. The van der Waals surface area contributed by atoms with Crippen LogP contribution in [0.3, 0.4) is 0 Å². The number of ether oxygens (including phenoxy) is 1. The molecular weight excluding hydrogens is 176 g/mol. The van der Waals surface area contributed by atoms with Gasteiger partial charge in [0.2, 0.25) is 9.05 Å². The Bertz CT molecular complexity index is 175. The van der Waals surface area contributed by atoms with Gasteiger partial charge in [-0.2, -0.15) is 0 Å². The second-order valence-electron chi connectivity index (χ2n) is 2.08. The second-order valence-corrected chi connectivity index (χ2v) is 4.97. The Hall–Kier alpha value is 0.200. The van der Waals surface area contributed by atoms with Crippen molar-refractivity contribution in [3.05, 3.63) is 0 Å². The summed E-state index contributed by atoms with van der Waals surface area (Å²) in [5.41, 5.74) is 0. The Kier molecular flexibility index (Phi) is 4.24. The van der Waals surface area contributed by atoms with Crippen LogP contribution in [0.1, 0.15) is 13.3 Å². The maximum absolute atomic E-state index is 10.4. The first-order chi connectivity index (χ1) is 4.45. The largest absolute Gasteiger partial charge is 0.382 e. The lowest BCUT2D eigenvalue weighted by Gasteiger charge is -2.05. The molecule has 1 unspecified atom stereocenters. The molecule has 0 saturated carbocycles. The monoisotopic (exact) mass is 186 g/mol. The van der Waals surface area contributed by atoms with Crippen molar-refractivity contribution < 1.29 is 13.2 Å². The van der Waals surface area contributed by atoms with Gasteiger partial charge in [-0.15, -0.1) is 0 Å². The molecule has 0 fully saturated rings. The maximum atomic E-state index is 10.4. The van der Waals surface area contributed by atoms with Gasteiger partial charge in [0.05, 0.1) is 11.9 Å². The third kappa shape index (κ3) is 6.32. The van der Waals surface area contributed by atoms with Crippen molar-refractivity contribution in [1.29, 1.82) is 0 Å². The zero-order valence-corrected chi connectivity index (χ0v) is 7.57. The molecule has 0 heterocycles. The molecule has 10 heavy (non-hydrogen) atoms. The van der Waals surface area contributed by atoms with E-state index in [1.54, 1.807) is 6.92 Å². The first kappa shape index (κ1) is 10.2. The van der Waals surface area contributed by atoms with Crippen LogP contribution in [-0.4, -0.2) is 27.4 Å². The van der Waals surface area contributed by atoms with Gasteiger partial charge in [0.1, 0.15) is 0 Å². The fraction of sp³-hybridized carbons (Fsp3) is 1.00. The van der Waals surface area contributed by atoms with Crippen molar-refractivity contribution in [2.24, 2.45) is 0 Å². The Balaban J connectivity index is 3.56. The SMILES string of the molecule is COC(C)CCS(=O)(=O)Cl. The highest BCUT2D eigenvalue weighted by atomic mass is 35.7. The first-order valence-corrected chi connectivity index (χ1v) is 5.38. The van der Waals surface area contributed by atoms with Crippen molar-refractivity contribution in [2.45, 2.75) is 19.4 Å². The predicted octanol–water partition coefficient (Wildman–Crippen LogP) is 0.980. The van der Waals surface area contributed by atoms with Crippen LogP contribution in [-0.2, 0) is 13.8 Å². The Morgan fingerprint density at radius 3 is 2.40 bits per heavy atom. The van der Waals surface area contributed by atoms with Crippen LogP contribution >= 0.6 is 10.7 Å². The van der Waals surface area contributed by atoms with E-state index in [2.05, 4.69) is 0 Å². The Labute approximate surface area is 65.7 Å². The van der Waals surface area contributed by atoms with Crippen molar-refractivity contribution in [1.82, 2.24) is 0 Å². The molecule has 0 radical (unpaired) electrons. The van der Waals surface area contributed by atoms with E-state index in [0.29, 0.717) is 6.42 Å². The van der Waals surface area contributed by atoms with Gasteiger partial charge in [-0.3, -0.25) is 0 Å². The summed E-state index contributed by atoms with van der Waals surface area (Å²) in [5.74, 6) is -0.0242. The number of halogens is 1. The van der Waals surface area contributed by atoms with E-state index in [1.165, 1.54) is 7.11 Å². The van der Waals surface area contributed by atoms with E-state index in [1.807, 2.05) is 0 Å². The molecule has 0 aromatic carbocycles. The topological polar surface area (TPSA) is 43.4 Å². The van der Waals surface area contributed by atoms with E-state index in [9.17, 15) is 8.42 Å². The molecule has 0 aromatic rings. The molecule has 0 aromatic heterocycles. The maximum Gasteiger partial charge on any atom is 0.232 e. The molecule has 0 saturated heterocycles. The van der Waals surface area contributed by atoms with Gasteiger partial charge >= 0.3 is 0 Å². The molecule has 0 N–H and O–H groups in total. The molecule has 0 aliphatic carbocycles. The number of hydrogen-bond donors (Lipinski definition) is 0. The highest BCUT2D eigenvalue weighted by Gasteiger charge is 2.07. The molecule has 3 nitrogen and oxygen atoms in total. The van der Waals surface area contributed by atoms with Gasteiger partial charge in [-0.25, -0.2) is 8.42 Å². The standard InChI is InChI=1S/C5H11ClO3S/c1-5(9-2)3-4-10(6,7)8/h5H,3-4H2,1-2H3. The summed E-state index contributed by atoms with van der Waals surface area (Å²) in [6, 6.07) is 0. The quantitative estimate of drug-likeness (QED) is 0.615. The smallest absolute Gasteiger partial charge is 0.232 e. The van der Waals surface area contributed by atoms with Crippen molar-refractivity contribution in [3.63, 3.8) is 0 Å². The molecule has 0 spiro atoms. The van der Waals surface area contributed by atoms with Crippen LogP contribution in [0.25, 0.3) is 0 Å². The highest BCUT2D eigenvalue weighted by Crippen LogP contribution is 2.03. The summed E-state index contributed by atoms with van der Waals surface area (Å²) < 4.78 is 25.5. The Morgan fingerprint density at radius 1 is 1.60 bits per heavy atom. The van der Waals surface area contributed by atoms with Crippen molar-refractivity contribution >= 4 is 19.7 Å². The molecule has 0 aliphatic heterocycles. The molecular formula is C5H11ClO3S. The molecule has 0 aliphatic rings. The summed E-state index contributed by atoms with van der Waals surface area (Å²) in [4.78, 5) is 0. The molecule has 0 bridgehead atoms. The van der Waals surface area contributed by atoms with E-state index in [-0.39, 0.29) is 11.9 Å². The predicted molar refractivity (Wildman–Crippen MR) is 40.7 cm³/mol. The number of rotatable bonds is 4. The average Bonchev–Trinajstić information content (AvgIpc) is 1.81. The summed E-state index contributed by atoms with van der Waals surface area (Å²) in [6.45, 7) is 1.79. The minimum absolute atomic E-state index is 0.0242. The summed E-state index contributed by atoms with van der Waals surface area (Å²) in [7, 11) is 3.15. The van der Waals surface area contributed by atoms with Gasteiger partial charge < -0.3 is 4.74 Å². The number of hydrogen-bond acceptors (Lipinski definition) is 3. The second kappa shape index (κ2) is 4.16. The van der Waals surface area contributed by atoms with Crippen LogP contribution in [0.4, 0.5) is 0 Å². The molecule has 1 atom stereocenters. The van der Waals surface area contributed by atoms with Crippen molar-refractivity contribution in [3.8, 4) is 0 Å². The van der Waals surface area contributed by atoms with E-state index < -0.39 is 9.05 Å². The lowest BCUT2D eigenvalue weighted by atomic mass is 10.3. The minimum atomic E-state index is -3.34. The third-order valence-corrected chi connectivity index (χ3v) is 2.36.